The van der Waals surface area contributed by atoms with Crippen molar-refractivity contribution < 1.29 is 14.1 Å². The molecule has 1 N–H and O–H groups in total. The van der Waals surface area contributed by atoms with E-state index in [1.165, 1.54) is 12.1 Å². The predicted octanol–water partition coefficient (Wildman–Crippen LogP) is 3.85. The Morgan fingerprint density at radius 1 is 1.04 bits per heavy atom. The summed E-state index contributed by atoms with van der Waals surface area (Å²) in [5, 5.41) is 11.5. The van der Waals surface area contributed by atoms with E-state index in [2.05, 4.69) is 37.5 Å². The molecule has 4 rings (SSSR count). The maximum Gasteiger partial charge on any atom is 0.271 e. The Bertz CT molecular complexity index is 788. The normalized spacial score (nSPS) is 23.5. The monoisotopic (exact) mass is 389 g/mol. The van der Waals surface area contributed by atoms with Crippen LogP contribution in [0.4, 0.5) is 10.1 Å². The van der Waals surface area contributed by atoms with Gasteiger partial charge in [-0.05, 0) is 61.4 Å². The summed E-state index contributed by atoms with van der Waals surface area (Å²) in [6.45, 7) is 1.27. The molecule has 0 aromatic heterocycles. The number of rotatable bonds is 2. The quantitative estimate of drug-likeness (QED) is 0.789. The lowest BCUT2D eigenvalue weighted by Gasteiger charge is -2.24. The number of halogens is 2. The third kappa shape index (κ3) is 2.56. The van der Waals surface area contributed by atoms with E-state index < -0.39 is 5.72 Å². The Morgan fingerprint density at radius 2 is 1.75 bits per heavy atom. The molecule has 0 bridgehead atoms. The van der Waals surface area contributed by atoms with Crippen molar-refractivity contribution in [1.29, 1.82) is 0 Å². The summed E-state index contributed by atoms with van der Waals surface area (Å²) >= 11 is 3.47. The van der Waals surface area contributed by atoms with E-state index in [-0.39, 0.29) is 5.82 Å². The standard InChI is InChI=1S/C19H19BrFN2O/c20-15-6-10-17(11-7-15)22-13-19(24,14-4-8-16(21)9-5-14)23-12-2-1-3-18(22)23/h4-11,24H,1-3,12-13H2/q+1. The fourth-order valence-corrected chi connectivity index (χ4v) is 3.98. The van der Waals surface area contributed by atoms with E-state index >= 15 is 0 Å². The van der Waals surface area contributed by atoms with Crippen LogP contribution in [0, 0.1) is 5.82 Å². The van der Waals surface area contributed by atoms with Gasteiger partial charge in [0.1, 0.15) is 11.5 Å². The van der Waals surface area contributed by atoms with E-state index in [0.29, 0.717) is 6.54 Å². The zero-order valence-electron chi connectivity index (χ0n) is 13.3. The molecule has 2 heterocycles. The number of hydrogen-bond acceptors (Lipinski definition) is 2. The molecule has 2 aliphatic heterocycles. The molecule has 2 aliphatic rings. The van der Waals surface area contributed by atoms with Crippen LogP contribution >= 0.6 is 15.9 Å². The summed E-state index contributed by atoms with van der Waals surface area (Å²) < 4.78 is 16.4. The van der Waals surface area contributed by atoms with Crippen LogP contribution in [0.15, 0.2) is 53.0 Å². The fourth-order valence-electron chi connectivity index (χ4n) is 3.72. The summed E-state index contributed by atoms with van der Waals surface area (Å²) in [5.41, 5.74) is 0.692. The minimum atomic E-state index is -1.11. The van der Waals surface area contributed by atoms with Crippen LogP contribution in [0.5, 0.6) is 0 Å². The Labute approximate surface area is 149 Å². The van der Waals surface area contributed by atoms with Gasteiger partial charge in [0.15, 0.2) is 6.54 Å². The second-order valence-corrected chi connectivity index (χ2v) is 7.33. The van der Waals surface area contributed by atoms with Crippen LogP contribution in [0.1, 0.15) is 24.8 Å². The average molecular weight is 390 g/mol. The number of nitrogens with zero attached hydrogens (tertiary/aromatic N) is 2. The number of hydrogen-bond donors (Lipinski definition) is 1. The van der Waals surface area contributed by atoms with Gasteiger partial charge in [-0.25, -0.2) is 13.9 Å². The van der Waals surface area contributed by atoms with E-state index in [4.69, 9.17) is 0 Å². The molecule has 0 fully saturated rings. The number of benzene rings is 2. The molecule has 0 saturated heterocycles. The summed E-state index contributed by atoms with van der Waals surface area (Å²) in [6.07, 6.45) is 3.12. The van der Waals surface area contributed by atoms with Gasteiger partial charge < -0.3 is 5.11 Å². The summed E-state index contributed by atoms with van der Waals surface area (Å²) in [5.74, 6) is 0.864. The summed E-state index contributed by atoms with van der Waals surface area (Å²) in [7, 11) is 0. The zero-order valence-corrected chi connectivity index (χ0v) is 14.8. The first-order valence-electron chi connectivity index (χ1n) is 8.23. The molecule has 0 aliphatic carbocycles. The first kappa shape index (κ1) is 15.8. The van der Waals surface area contributed by atoms with Crippen LogP contribution < -0.4 is 4.90 Å². The minimum Gasteiger partial charge on any atom is -0.346 e. The molecule has 0 spiro atoms. The highest BCUT2D eigenvalue weighted by Crippen LogP contribution is 2.36. The van der Waals surface area contributed by atoms with Gasteiger partial charge in [-0.1, -0.05) is 15.9 Å². The fraction of sp³-hybridized carbons (Fsp3) is 0.316. The largest absolute Gasteiger partial charge is 0.346 e. The van der Waals surface area contributed by atoms with Crippen molar-refractivity contribution in [3.05, 3.63) is 64.4 Å². The van der Waals surface area contributed by atoms with Gasteiger partial charge in [0.05, 0.1) is 6.54 Å². The van der Waals surface area contributed by atoms with Crippen LogP contribution in [-0.4, -0.2) is 28.6 Å². The van der Waals surface area contributed by atoms with Crippen molar-refractivity contribution in [3.8, 4) is 0 Å². The number of amidine groups is 1. The Hall–Kier alpha value is -1.72. The second-order valence-electron chi connectivity index (χ2n) is 6.41. The first-order valence-corrected chi connectivity index (χ1v) is 9.02. The zero-order chi connectivity index (χ0) is 16.7. The molecule has 0 saturated carbocycles. The molecule has 0 radical (unpaired) electrons. The Morgan fingerprint density at radius 3 is 2.46 bits per heavy atom. The SMILES string of the molecule is OC1(c2ccc(F)cc2)CN(c2ccc(Br)cc2)C2=[N+]1CCCC2. The van der Waals surface area contributed by atoms with Gasteiger partial charge in [0.25, 0.3) is 11.6 Å². The van der Waals surface area contributed by atoms with Gasteiger partial charge in [-0.15, -0.1) is 0 Å². The third-order valence-corrected chi connectivity index (χ3v) is 5.45. The van der Waals surface area contributed by atoms with Crippen molar-refractivity contribution >= 4 is 27.5 Å². The van der Waals surface area contributed by atoms with Crippen molar-refractivity contribution in [2.75, 3.05) is 18.0 Å². The Balaban J connectivity index is 1.78. The summed E-state index contributed by atoms with van der Waals surface area (Å²) in [6, 6.07) is 14.3. The molecular formula is C19H19BrFN2O+. The van der Waals surface area contributed by atoms with Crippen LogP contribution in [0.2, 0.25) is 0 Å². The van der Waals surface area contributed by atoms with Gasteiger partial charge >= 0.3 is 0 Å². The molecule has 1 unspecified atom stereocenters. The Kier molecular flexibility index (Phi) is 3.93. The molecule has 3 nitrogen and oxygen atoms in total. The maximum atomic E-state index is 13.3. The van der Waals surface area contributed by atoms with Crippen molar-refractivity contribution in [2.45, 2.75) is 25.0 Å². The van der Waals surface area contributed by atoms with E-state index in [9.17, 15) is 9.50 Å². The van der Waals surface area contributed by atoms with Crippen LogP contribution in [0.25, 0.3) is 0 Å². The van der Waals surface area contributed by atoms with Crippen molar-refractivity contribution in [1.82, 2.24) is 0 Å². The number of aliphatic hydroxyl groups is 1. The topological polar surface area (TPSA) is 26.5 Å². The molecule has 24 heavy (non-hydrogen) atoms. The van der Waals surface area contributed by atoms with Crippen molar-refractivity contribution in [3.63, 3.8) is 0 Å². The highest BCUT2D eigenvalue weighted by Gasteiger charge is 2.52. The predicted molar refractivity (Wildman–Crippen MR) is 95.8 cm³/mol. The van der Waals surface area contributed by atoms with Crippen LogP contribution in [0.3, 0.4) is 0 Å². The second kappa shape index (κ2) is 5.97. The lowest BCUT2D eigenvalue weighted by atomic mass is 10.0. The summed E-state index contributed by atoms with van der Waals surface area (Å²) in [4.78, 5) is 2.19. The van der Waals surface area contributed by atoms with Crippen molar-refractivity contribution in [2.24, 2.45) is 0 Å². The maximum absolute atomic E-state index is 13.3. The van der Waals surface area contributed by atoms with Gasteiger partial charge in [-0.3, -0.25) is 0 Å². The number of anilines is 1. The van der Waals surface area contributed by atoms with Crippen LogP contribution in [-0.2, 0) is 5.72 Å². The first-order chi connectivity index (χ1) is 11.6. The highest BCUT2D eigenvalue weighted by atomic mass is 79.9. The van der Waals surface area contributed by atoms with Gasteiger partial charge in [0, 0.05) is 16.5 Å². The molecule has 2 aromatic rings. The lowest BCUT2D eigenvalue weighted by molar-refractivity contribution is -0.661. The molecule has 1 atom stereocenters. The molecule has 5 heteroatoms. The molecule has 2 aromatic carbocycles. The molecular weight excluding hydrogens is 371 g/mol. The number of β-amino-alcohol motifs (C(OH)–C–C–N with tert-alkyl or cyclic N) is 1. The molecule has 124 valence electrons. The lowest BCUT2D eigenvalue weighted by Crippen LogP contribution is -2.41. The third-order valence-electron chi connectivity index (χ3n) is 4.93. The smallest absolute Gasteiger partial charge is 0.271 e. The van der Waals surface area contributed by atoms with Gasteiger partial charge in [0.2, 0.25) is 0 Å². The minimum absolute atomic E-state index is 0.284. The van der Waals surface area contributed by atoms with E-state index in [0.717, 1.165) is 47.4 Å². The molecule has 0 amide bonds. The highest BCUT2D eigenvalue weighted by molar-refractivity contribution is 9.10. The van der Waals surface area contributed by atoms with Gasteiger partial charge in [-0.2, -0.15) is 0 Å². The average Bonchev–Trinajstić information content (AvgIpc) is 2.91. The van der Waals surface area contributed by atoms with E-state index in [1.807, 2.05) is 12.1 Å². The van der Waals surface area contributed by atoms with E-state index in [1.54, 1.807) is 12.1 Å².